The van der Waals surface area contributed by atoms with Crippen LogP contribution in [0.15, 0.2) is 54.7 Å². The number of aryl methyl sites for hydroxylation is 1. The first-order chi connectivity index (χ1) is 12.1. The zero-order valence-electron chi connectivity index (χ0n) is 13.8. The molecule has 25 heavy (non-hydrogen) atoms. The van der Waals surface area contributed by atoms with E-state index in [4.69, 9.17) is 10.5 Å². The number of aromatic nitrogens is 1. The van der Waals surface area contributed by atoms with Gasteiger partial charge in [0.05, 0.1) is 0 Å². The monoisotopic (exact) mass is 336 g/mol. The van der Waals surface area contributed by atoms with Gasteiger partial charge in [-0.3, -0.25) is 9.59 Å². The van der Waals surface area contributed by atoms with Crippen LogP contribution in [0.4, 0.5) is 0 Å². The van der Waals surface area contributed by atoms with Gasteiger partial charge >= 0.3 is 5.97 Å². The van der Waals surface area contributed by atoms with Gasteiger partial charge in [0.2, 0.25) is 5.91 Å². The van der Waals surface area contributed by atoms with Crippen LogP contribution in [0.3, 0.4) is 0 Å². The Morgan fingerprint density at radius 3 is 2.56 bits per heavy atom. The molecule has 2 aromatic carbocycles. The highest BCUT2D eigenvalue weighted by atomic mass is 16.5. The van der Waals surface area contributed by atoms with E-state index in [1.54, 1.807) is 24.3 Å². The van der Waals surface area contributed by atoms with Crippen molar-refractivity contribution >= 4 is 22.8 Å². The molecule has 128 valence electrons. The Morgan fingerprint density at radius 1 is 1.04 bits per heavy atom. The predicted octanol–water partition coefficient (Wildman–Crippen LogP) is 3.33. The van der Waals surface area contributed by atoms with Crippen LogP contribution in [0.5, 0.6) is 0 Å². The number of carbonyl (C=O) groups is 2. The second-order valence-corrected chi connectivity index (χ2v) is 5.93. The summed E-state index contributed by atoms with van der Waals surface area (Å²) < 4.78 is 5.27. The van der Waals surface area contributed by atoms with Crippen molar-refractivity contribution in [2.24, 2.45) is 5.73 Å². The molecule has 3 aromatic rings. The number of hydrogen-bond donors (Lipinski definition) is 2. The minimum Gasteiger partial charge on any atom is -0.461 e. The molecule has 0 bridgehead atoms. The summed E-state index contributed by atoms with van der Waals surface area (Å²) in [4.78, 5) is 26.1. The number of amides is 1. The summed E-state index contributed by atoms with van der Waals surface area (Å²) in [6.07, 6.45) is 3.93. The third kappa shape index (κ3) is 4.26. The van der Waals surface area contributed by atoms with Crippen molar-refractivity contribution < 1.29 is 14.3 Å². The van der Waals surface area contributed by atoms with Gasteiger partial charge in [-0.1, -0.05) is 30.3 Å². The minimum atomic E-state index is -0.471. The maximum Gasteiger partial charge on any atom is 0.306 e. The quantitative estimate of drug-likeness (QED) is 0.649. The van der Waals surface area contributed by atoms with E-state index in [1.807, 2.05) is 24.4 Å². The topological polar surface area (TPSA) is 85.2 Å². The molecule has 3 rings (SSSR count). The number of para-hydroxylation sites is 1. The highest BCUT2D eigenvalue weighted by molar-refractivity contribution is 5.92. The Balaban J connectivity index is 1.44. The molecule has 0 radical (unpaired) electrons. The lowest BCUT2D eigenvalue weighted by Crippen LogP contribution is -2.10. The molecule has 3 N–H and O–H groups in total. The normalized spacial score (nSPS) is 10.7. The number of benzene rings is 2. The smallest absolute Gasteiger partial charge is 0.306 e. The van der Waals surface area contributed by atoms with Crippen molar-refractivity contribution in [1.29, 1.82) is 0 Å². The molecule has 5 heteroatoms. The molecule has 1 heterocycles. The zero-order valence-corrected chi connectivity index (χ0v) is 13.8. The number of nitrogens with one attached hydrogen (secondary N) is 1. The Hall–Kier alpha value is -3.08. The van der Waals surface area contributed by atoms with E-state index < -0.39 is 5.91 Å². The van der Waals surface area contributed by atoms with Gasteiger partial charge < -0.3 is 15.5 Å². The van der Waals surface area contributed by atoms with E-state index >= 15 is 0 Å². The number of primary amides is 1. The molecule has 0 aliphatic rings. The third-order valence-electron chi connectivity index (χ3n) is 4.14. The van der Waals surface area contributed by atoms with Crippen LogP contribution in [0.25, 0.3) is 10.9 Å². The van der Waals surface area contributed by atoms with Crippen molar-refractivity contribution in [1.82, 2.24) is 4.98 Å². The minimum absolute atomic E-state index is 0.199. The van der Waals surface area contributed by atoms with Gasteiger partial charge in [0.25, 0.3) is 0 Å². The Morgan fingerprint density at radius 2 is 1.80 bits per heavy atom. The van der Waals surface area contributed by atoms with E-state index in [-0.39, 0.29) is 12.6 Å². The SMILES string of the molecule is NC(=O)c1ccc(COC(=O)CCCc2c[nH]c3ccccc23)cc1. The lowest BCUT2D eigenvalue weighted by atomic mass is 10.1. The van der Waals surface area contributed by atoms with Crippen LogP contribution < -0.4 is 5.73 Å². The number of fused-ring (bicyclic) bond motifs is 1. The Kier molecular flexibility index (Phi) is 5.14. The average Bonchev–Trinajstić information content (AvgIpc) is 3.04. The number of rotatable bonds is 7. The molecule has 0 aliphatic carbocycles. The molecule has 1 amide bonds. The number of esters is 1. The van der Waals surface area contributed by atoms with E-state index in [1.165, 1.54) is 10.9 Å². The van der Waals surface area contributed by atoms with E-state index in [2.05, 4.69) is 11.1 Å². The standard InChI is InChI=1S/C20H20N2O3/c21-20(24)15-10-8-14(9-11-15)13-25-19(23)7-3-4-16-12-22-18-6-2-1-5-17(16)18/h1-2,5-6,8-12,22H,3-4,7,13H2,(H2,21,24). The van der Waals surface area contributed by atoms with Gasteiger partial charge in [-0.2, -0.15) is 0 Å². The van der Waals surface area contributed by atoms with Gasteiger partial charge in [0, 0.05) is 29.1 Å². The Labute approximate surface area is 145 Å². The fraction of sp³-hybridized carbons (Fsp3) is 0.200. The zero-order chi connectivity index (χ0) is 17.6. The molecule has 0 atom stereocenters. The molecular formula is C20H20N2O3. The lowest BCUT2D eigenvalue weighted by Gasteiger charge is -2.05. The van der Waals surface area contributed by atoms with Crippen LogP contribution in [0.2, 0.25) is 0 Å². The average molecular weight is 336 g/mol. The van der Waals surface area contributed by atoms with Crippen molar-refractivity contribution in [2.75, 3.05) is 0 Å². The molecule has 5 nitrogen and oxygen atoms in total. The van der Waals surface area contributed by atoms with Gasteiger partial charge in [0.1, 0.15) is 6.61 Å². The van der Waals surface area contributed by atoms with Crippen molar-refractivity contribution in [3.63, 3.8) is 0 Å². The molecule has 0 spiro atoms. The van der Waals surface area contributed by atoms with Gasteiger partial charge in [-0.25, -0.2) is 0 Å². The number of H-pyrrole nitrogens is 1. The summed E-state index contributed by atoms with van der Waals surface area (Å²) in [7, 11) is 0. The van der Waals surface area contributed by atoms with E-state index in [0.717, 1.165) is 23.9 Å². The fourth-order valence-corrected chi connectivity index (χ4v) is 2.76. The van der Waals surface area contributed by atoms with Gasteiger partial charge in [0.15, 0.2) is 0 Å². The van der Waals surface area contributed by atoms with Gasteiger partial charge in [-0.15, -0.1) is 0 Å². The van der Waals surface area contributed by atoms with Gasteiger partial charge in [-0.05, 0) is 42.2 Å². The van der Waals surface area contributed by atoms with Crippen molar-refractivity contribution in [3.8, 4) is 0 Å². The summed E-state index contributed by atoms with van der Waals surface area (Å²) in [6.45, 7) is 0.199. The van der Waals surface area contributed by atoms with Crippen molar-refractivity contribution in [3.05, 3.63) is 71.4 Å². The van der Waals surface area contributed by atoms with Crippen LogP contribution in [-0.2, 0) is 22.6 Å². The molecule has 0 fully saturated rings. The number of aromatic amines is 1. The summed E-state index contributed by atoms with van der Waals surface area (Å²) in [5, 5.41) is 1.20. The summed E-state index contributed by atoms with van der Waals surface area (Å²) in [5.41, 5.74) is 8.78. The number of nitrogens with two attached hydrogens (primary N) is 1. The number of carbonyl (C=O) groups excluding carboxylic acids is 2. The molecule has 0 unspecified atom stereocenters. The number of ether oxygens (including phenoxy) is 1. The molecule has 0 saturated heterocycles. The molecule has 0 saturated carbocycles. The van der Waals surface area contributed by atoms with Crippen LogP contribution >= 0.6 is 0 Å². The summed E-state index contributed by atoms with van der Waals surface area (Å²) in [5.74, 6) is -0.695. The molecule has 0 aliphatic heterocycles. The van der Waals surface area contributed by atoms with Crippen LogP contribution in [0, 0.1) is 0 Å². The second-order valence-electron chi connectivity index (χ2n) is 5.93. The largest absolute Gasteiger partial charge is 0.461 e. The van der Waals surface area contributed by atoms with Crippen molar-refractivity contribution in [2.45, 2.75) is 25.9 Å². The third-order valence-corrected chi connectivity index (χ3v) is 4.14. The molecule has 1 aromatic heterocycles. The summed E-state index contributed by atoms with van der Waals surface area (Å²) in [6, 6.07) is 14.9. The fourth-order valence-electron chi connectivity index (χ4n) is 2.76. The lowest BCUT2D eigenvalue weighted by molar-refractivity contribution is -0.145. The predicted molar refractivity (Wildman–Crippen MR) is 96.0 cm³/mol. The highest BCUT2D eigenvalue weighted by Crippen LogP contribution is 2.19. The second kappa shape index (κ2) is 7.66. The molecular weight excluding hydrogens is 316 g/mol. The highest BCUT2D eigenvalue weighted by Gasteiger charge is 2.07. The summed E-state index contributed by atoms with van der Waals surface area (Å²) >= 11 is 0. The van der Waals surface area contributed by atoms with Crippen LogP contribution in [0.1, 0.15) is 34.3 Å². The first-order valence-corrected chi connectivity index (χ1v) is 8.23. The van der Waals surface area contributed by atoms with E-state index in [0.29, 0.717) is 12.0 Å². The van der Waals surface area contributed by atoms with Crippen LogP contribution in [-0.4, -0.2) is 16.9 Å². The first-order valence-electron chi connectivity index (χ1n) is 8.23. The number of hydrogen-bond acceptors (Lipinski definition) is 3. The maximum absolute atomic E-state index is 11.9. The maximum atomic E-state index is 11.9. The van der Waals surface area contributed by atoms with E-state index in [9.17, 15) is 9.59 Å². The Bertz CT molecular complexity index is 881. The first kappa shape index (κ1) is 16.8.